The highest BCUT2D eigenvalue weighted by atomic mass is 32.2. The molecule has 1 aromatic carbocycles. The molecule has 0 saturated heterocycles. The molecule has 0 heterocycles. The molecule has 4 heteroatoms. The summed E-state index contributed by atoms with van der Waals surface area (Å²) in [6.45, 7) is 8.19. The molecule has 0 amide bonds. The van der Waals surface area contributed by atoms with Crippen LogP contribution >= 0.6 is 0 Å². The maximum absolute atomic E-state index is 11.8. The second kappa shape index (κ2) is 10.2. The summed E-state index contributed by atoms with van der Waals surface area (Å²) in [5.41, 5.74) is 2.77. The first-order chi connectivity index (χ1) is 11.3. The van der Waals surface area contributed by atoms with Crippen molar-refractivity contribution >= 4 is 10.1 Å². The van der Waals surface area contributed by atoms with Crippen LogP contribution in [0.1, 0.15) is 94.2 Å². The van der Waals surface area contributed by atoms with E-state index < -0.39 is 10.1 Å². The summed E-state index contributed by atoms with van der Waals surface area (Å²) in [4.78, 5) is 0.0976. The van der Waals surface area contributed by atoms with Crippen LogP contribution in [0.25, 0.3) is 0 Å². The van der Waals surface area contributed by atoms with Crippen molar-refractivity contribution in [3.05, 3.63) is 28.8 Å². The van der Waals surface area contributed by atoms with E-state index >= 15 is 0 Å². The van der Waals surface area contributed by atoms with Gasteiger partial charge < -0.3 is 0 Å². The topological polar surface area (TPSA) is 54.4 Å². The molecule has 138 valence electrons. The molecule has 0 radical (unpaired) electrons. The third-order valence-electron chi connectivity index (χ3n) is 4.99. The van der Waals surface area contributed by atoms with Crippen molar-refractivity contribution in [2.45, 2.75) is 96.3 Å². The number of rotatable bonds is 11. The minimum absolute atomic E-state index is 0.0976. The fourth-order valence-corrected chi connectivity index (χ4v) is 4.13. The lowest BCUT2D eigenvalue weighted by molar-refractivity contribution is 0.476. The minimum atomic E-state index is -4.17. The molecule has 0 bridgehead atoms. The Bertz CT molecular complexity index is 606. The summed E-state index contributed by atoms with van der Waals surface area (Å²) >= 11 is 0. The van der Waals surface area contributed by atoms with Crippen molar-refractivity contribution in [2.24, 2.45) is 0 Å². The van der Waals surface area contributed by atoms with Gasteiger partial charge in [0.15, 0.2) is 0 Å². The van der Waals surface area contributed by atoms with E-state index in [0.717, 1.165) is 36.0 Å². The smallest absolute Gasteiger partial charge is 0.282 e. The SMILES string of the molecule is CCCCCCCCCC(CC)c1cc(C)c(C)cc1S(=O)(=O)O. The molecule has 1 unspecified atom stereocenters. The standard InChI is InChI=1S/C20H34O3S/c1-5-7-8-9-10-11-12-13-18(6-2)19-14-16(3)17(4)15-20(19)24(21,22)23/h14-15,18H,5-13H2,1-4H3,(H,21,22,23). The normalized spacial score (nSPS) is 13.2. The van der Waals surface area contributed by atoms with Crippen molar-refractivity contribution in [2.75, 3.05) is 0 Å². The average Bonchev–Trinajstić information content (AvgIpc) is 2.51. The molecule has 0 spiro atoms. The van der Waals surface area contributed by atoms with Crippen molar-refractivity contribution in [3.63, 3.8) is 0 Å². The monoisotopic (exact) mass is 354 g/mol. The fraction of sp³-hybridized carbons (Fsp3) is 0.700. The molecule has 1 atom stereocenters. The van der Waals surface area contributed by atoms with Crippen molar-refractivity contribution in [3.8, 4) is 0 Å². The number of unbranched alkanes of at least 4 members (excludes halogenated alkanes) is 6. The van der Waals surface area contributed by atoms with Crippen LogP contribution in [-0.4, -0.2) is 13.0 Å². The van der Waals surface area contributed by atoms with E-state index in [0.29, 0.717) is 0 Å². The molecule has 3 nitrogen and oxygen atoms in total. The van der Waals surface area contributed by atoms with Gasteiger partial charge in [-0.3, -0.25) is 4.55 Å². The van der Waals surface area contributed by atoms with Gasteiger partial charge in [0.25, 0.3) is 10.1 Å². The molecule has 1 N–H and O–H groups in total. The maximum atomic E-state index is 11.8. The predicted octanol–water partition coefficient (Wildman–Crippen LogP) is 6.18. The van der Waals surface area contributed by atoms with Crippen molar-refractivity contribution in [1.29, 1.82) is 0 Å². The summed E-state index contributed by atoms with van der Waals surface area (Å²) in [7, 11) is -4.17. The first kappa shape index (κ1) is 21.2. The quantitative estimate of drug-likeness (QED) is 0.381. The van der Waals surface area contributed by atoms with E-state index in [1.54, 1.807) is 6.07 Å². The molecular formula is C20H34O3S. The summed E-state index contributed by atoms with van der Waals surface area (Å²) in [5.74, 6) is 0.192. The zero-order valence-electron chi connectivity index (χ0n) is 15.8. The lowest BCUT2D eigenvalue weighted by Crippen LogP contribution is -2.09. The van der Waals surface area contributed by atoms with E-state index in [2.05, 4.69) is 13.8 Å². The van der Waals surface area contributed by atoms with Crippen LogP contribution in [0.5, 0.6) is 0 Å². The van der Waals surface area contributed by atoms with Crippen molar-refractivity contribution in [1.82, 2.24) is 0 Å². The van der Waals surface area contributed by atoms with Crippen LogP contribution in [0.15, 0.2) is 17.0 Å². The molecule has 0 fully saturated rings. The zero-order valence-corrected chi connectivity index (χ0v) is 16.6. The third kappa shape index (κ3) is 6.56. The second-order valence-electron chi connectivity index (χ2n) is 6.96. The van der Waals surface area contributed by atoms with Gasteiger partial charge in [-0.15, -0.1) is 0 Å². The Morgan fingerprint density at radius 1 is 0.917 bits per heavy atom. The maximum Gasteiger partial charge on any atom is 0.294 e. The van der Waals surface area contributed by atoms with Crippen LogP contribution in [0, 0.1) is 13.8 Å². The molecule has 0 aromatic heterocycles. The Balaban J connectivity index is 2.76. The van der Waals surface area contributed by atoms with Gasteiger partial charge in [-0.05, 0) is 55.4 Å². The van der Waals surface area contributed by atoms with Gasteiger partial charge >= 0.3 is 0 Å². The lowest BCUT2D eigenvalue weighted by atomic mass is 9.89. The van der Waals surface area contributed by atoms with E-state index in [-0.39, 0.29) is 10.8 Å². The van der Waals surface area contributed by atoms with Crippen molar-refractivity contribution < 1.29 is 13.0 Å². The molecule has 0 saturated carbocycles. The molecule has 0 aliphatic carbocycles. The van der Waals surface area contributed by atoms with Crippen LogP contribution in [0.2, 0.25) is 0 Å². The van der Waals surface area contributed by atoms with E-state index in [1.165, 1.54) is 38.5 Å². The first-order valence-electron chi connectivity index (χ1n) is 9.39. The third-order valence-corrected chi connectivity index (χ3v) is 5.90. The highest BCUT2D eigenvalue weighted by molar-refractivity contribution is 7.85. The predicted molar refractivity (Wildman–Crippen MR) is 101 cm³/mol. The van der Waals surface area contributed by atoms with Crippen LogP contribution in [0.4, 0.5) is 0 Å². The molecule has 24 heavy (non-hydrogen) atoms. The summed E-state index contributed by atoms with van der Waals surface area (Å²) < 4.78 is 33.1. The van der Waals surface area contributed by atoms with Gasteiger partial charge in [-0.1, -0.05) is 64.9 Å². The number of benzene rings is 1. The summed E-state index contributed by atoms with van der Waals surface area (Å²) in [5, 5.41) is 0. The molecule has 0 aliphatic rings. The van der Waals surface area contributed by atoms with Gasteiger partial charge in [0.05, 0.1) is 4.90 Å². The van der Waals surface area contributed by atoms with Gasteiger partial charge in [-0.2, -0.15) is 8.42 Å². The van der Waals surface area contributed by atoms with Crippen LogP contribution in [0.3, 0.4) is 0 Å². The van der Waals surface area contributed by atoms with Crippen LogP contribution in [-0.2, 0) is 10.1 Å². The molecule has 1 aromatic rings. The number of hydrogen-bond donors (Lipinski definition) is 1. The Morgan fingerprint density at radius 2 is 1.46 bits per heavy atom. The Morgan fingerprint density at radius 3 is 2.00 bits per heavy atom. The minimum Gasteiger partial charge on any atom is -0.282 e. The highest BCUT2D eigenvalue weighted by Crippen LogP contribution is 2.33. The lowest BCUT2D eigenvalue weighted by Gasteiger charge is -2.20. The van der Waals surface area contributed by atoms with E-state index in [1.807, 2.05) is 19.9 Å². The number of hydrogen-bond acceptors (Lipinski definition) is 2. The Kier molecular flexibility index (Phi) is 8.99. The largest absolute Gasteiger partial charge is 0.294 e. The van der Waals surface area contributed by atoms with Crippen LogP contribution < -0.4 is 0 Å². The van der Waals surface area contributed by atoms with Gasteiger partial charge in [0.2, 0.25) is 0 Å². The Hall–Kier alpha value is -0.870. The van der Waals surface area contributed by atoms with Gasteiger partial charge in [0, 0.05) is 0 Å². The Labute approximate surface area is 148 Å². The summed E-state index contributed by atoms with van der Waals surface area (Å²) in [6.07, 6.45) is 10.6. The molecule has 1 rings (SSSR count). The second-order valence-corrected chi connectivity index (χ2v) is 8.35. The van der Waals surface area contributed by atoms with E-state index in [9.17, 15) is 13.0 Å². The van der Waals surface area contributed by atoms with Gasteiger partial charge in [0.1, 0.15) is 0 Å². The van der Waals surface area contributed by atoms with E-state index in [4.69, 9.17) is 0 Å². The molecular weight excluding hydrogens is 320 g/mol. The molecule has 0 aliphatic heterocycles. The average molecular weight is 355 g/mol. The number of aryl methyl sites for hydroxylation is 2. The van der Waals surface area contributed by atoms with Gasteiger partial charge in [-0.25, -0.2) is 0 Å². The fourth-order valence-electron chi connectivity index (χ4n) is 3.28. The zero-order chi connectivity index (χ0) is 18.2. The summed E-state index contributed by atoms with van der Waals surface area (Å²) in [6, 6.07) is 3.57. The highest BCUT2D eigenvalue weighted by Gasteiger charge is 2.22. The first-order valence-corrected chi connectivity index (χ1v) is 10.8.